The highest BCUT2D eigenvalue weighted by molar-refractivity contribution is 5.74. The summed E-state index contributed by atoms with van der Waals surface area (Å²) in [6.07, 6.45) is 0. The van der Waals surface area contributed by atoms with E-state index in [1.54, 1.807) is 26.0 Å². The van der Waals surface area contributed by atoms with Gasteiger partial charge in [0, 0.05) is 12.6 Å². The lowest BCUT2D eigenvalue weighted by molar-refractivity contribution is 0.0479. The smallest absolute Gasteiger partial charge is 0.317 e. The third-order valence-electron chi connectivity index (χ3n) is 2.69. The van der Waals surface area contributed by atoms with Crippen molar-refractivity contribution < 1.29 is 19.0 Å². The zero-order valence-electron chi connectivity index (χ0n) is 12.7. The normalized spacial score (nSPS) is 11.1. The Morgan fingerprint density at radius 3 is 2.76 bits per heavy atom. The number of ether oxygens (including phenoxy) is 1. The van der Waals surface area contributed by atoms with Crippen molar-refractivity contribution in [2.45, 2.75) is 26.4 Å². The number of halogens is 1. The molecule has 0 heterocycles. The molecule has 118 valence electrons. The minimum Gasteiger partial charge on any atom is -0.492 e. The zero-order chi connectivity index (χ0) is 15.9. The second kappa shape index (κ2) is 7.83. The Morgan fingerprint density at radius 2 is 2.19 bits per heavy atom. The van der Waals surface area contributed by atoms with Crippen LogP contribution in [0.5, 0.6) is 5.75 Å². The van der Waals surface area contributed by atoms with E-state index in [4.69, 9.17) is 4.74 Å². The van der Waals surface area contributed by atoms with E-state index in [1.165, 1.54) is 17.0 Å². The topological polar surface area (TPSA) is 61.8 Å². The first-order valence-electron chi connectivity index (χ1n) is 6.95. The van der Waals surface area contributed by atoms with E-state index in [9.17, 15) is 14.3 Å². The minimum absolute atomic E-state index is 0.245. The molecule has 0 spiro atoms. The number of nitrogens with zero attached hydrogens (tertiary/aromatic N) is 1. The Kier molecular flexibility index (Phi) is 6.42. The van der Waals surface area contributed by atoms with Crippen LogP contribution in [0.15, 0.2) is 24.3 Å². The number of likely N-dealkylation sites (N-methyl/N-ethyl adjacent to an activating group) is 1. The molecule has 0 fully saturated rings. The predicted molar refractivity (Wildman–Crippen MR) is 78.8 cm³/mol. The number of amides is 2. The number of rotatable bonds is 7. The Hall–Kier alpha value is -1.82. The van der Waals surface area contributed by atoms with Gasteiger partial charge in [0.05, 0.1) is 18.7 Å². The summed E-state index contributed by atoms with van der Waals surface area (Å²) in [5.74, 6) is 0.0620. The molecule has 6 heteroatoms. The van der Waals surface area contributed by atoms with Gasteiger partial charge in [-0.15, -0.1) is 0 Å². The maximum atomic E-state index is 12.9. The van der Waals surface area contributed by atoms with Gasteiger partial charge >= 0.3 is 6.03 Å². The molecule has 0 unspecified atom stereocenters. The number of aliphatic hydroxyl groups is 1. The number of hydrogen-bond donors (Lipinski definition) is 2. The van der Waals surface area contributed by atoms with Gasteiger partial charge in [0.15, 0.2) is 0 Å². The molecule has 0 aliphatic heterocycles. The van der Waals surface area contributed by atoms with Crippen LogP contribution in [0, 0.1) is 5.82 Å². The van der Waals surface area contributed by atoms with Crippen LogP contribution in [0.2, 0.25) is 0 Å². The molecule has 0 radical (unpaired) electrons. The lowest BCUT2D eigenvalue weighted by Crippen LogP contribution is -2.47. The number of urea groups is 1. The highest BCUT2D eigenvalue weighted by atomic mass is 19.1. The monoisotopic (exact) mass is 298 g/mol. The minimum atomic E-state index is -0.939. The summed E-state index contributed by atoms with van der Waals surface area (Å²) in [6.45, 7) is 6.44. The third-order valence-corrected chi connectivity index (χ3v) is 2.69. The summed E-state index contributed by atoms with van der Waals surface area (Å²) in [7, 11) is 0. The van der Waals surface area contributed by atoms with Crippen molar-refractivity contribution in [3.05, 3.63) is 30.1 Å². The fourth-order valence-electron chi connectivity index (χ4n) is 1.79. The van der Waals surface area contributed by atoms with Gasteiger partial charge in [0.1, 0.15) is 18.2 Å². The van der Waals surface area contributed by atoms with Crippen molar-refractivity contribution >= 4 is 6.03 Å². The number of hydrogen-bond acceptors (Lipinski definition) is 3. The largest absolute Gasteiger partial charge is 0.492 e. The number of carbonyl (C=O) groups is 1. The molecule has 0 atom stereocenters. The van der Waals surface area contributed by atoms with Gasteiger partial charge in [-0.3, -0.25) is 0 Å². The number of nitrogens with one attached hydrogen (secondary N) is 1. The first-order chi connectivity index (χ1) is 9.81. The van der Waals surface area contributed by atoms with Crippen LogP contribution in [0.3, 0.4) is 0 Å². The van der Waals surface area contributed by atoms with Crippen molar-refractivity contribution in [1.82, 2.24) is 10.2 Å². The highest BCUT2D eigenvalue weighted by Gasteiger charge is 2.20. The second-order valence-electron chi connectivity index (χ2n) is 5.36. The molecule has 5 nitrogen and oxygen atoms in total. The molecule has 0 aliphatic carbocycles. The maximum absolute atomic E-state index is 12.9. The molecule has 0 saturated heterocycles. The Morgan fingerprint density at radius 1 is 1.48 bits per heavy atom. The predicted octanol–water partition coefficient (Wildman–Crippen LogP) is 2.01. The fourth-order valence-corrected chi connectivity index (χ4v) is 1.79. The lowest BCUT2D eigenvalue weighted by Gasteiger charge is -2.28. The van der Waals surface area contributed by atoms with E-state index < -0.39 is 5.60 Å². The molecule has 0 saturated carbocycles. The van der Waals surface area contributed by atoms with Crippen LogP contribution in [0.4, 0.5) is 9.18 Å². The number of benzene rings is 1. The third kappa shape index (κ3) is 6.94. The lowest BCUT2D eigenvalue weighted by atomic mass is 10.1. The van der Waals surface area contributed by atoms with Gasteiger partial charge in [-0.05, 0) is 32.9 Å². The van der Waals surface area contributed by atoms with Gasteiger partial charge in [-0.25, -0.2) is 9.18 Å². The quantitative estimate of drug-likeness (QED) is 0.757. The molecule has 21 heavy (non-hydrogen) atoms. The van der Waals surface area contributed by atoms with Crippen LogP contribution in [-0.4, -0.2) is 47.9 Å². The van der Waals surface area contributed by atoms with Crippen molar-refractivity contribution in [2.75, 3.05) is 26.2 Å². The summed E-state index contributed by atoms with van der Waals surface area (Å²) >= 11 is 0. The fraction of sp³-hybridized carbons (Fsp3) is 0.533. The average molecular weight is 298 g/mol. The van der Waals surface area contributed by atoms with Crippen molar-refractivity contribution in [3.8, 4) is 5.75 Å². The summed E-state index contributed by atoms with van der Waals surface area (Å²) in [6, 6.07) is 5.57. The zero-order valence-corrected chi connectivity index (χ0v) is 12.7. The van der Waals surface area contributed by atoms with E-state index in [-0.39, 0.29) is 25.0 Å². The molecular weight excluding hydrogens is 275 g/mol. The van der Waals surface area contributed by atoms with Gasteiger partial charge in [-0.2, -0.15) is 0 Å². The Balaban J connectivity index is 2.32. The summed E-state index contributed by atoms with van der Waals surface area (Å²) in [4.78, 5) is 13.4. The summed E-state index contributed by atoms with van der Waals surface area (Å²) in [5.41, 5.74) is -0.939. The van der Waals surface area contributed by atoms with E-state index in [0.717, 1.165) is 0 Å². The first kappa shape index (κ1) is 17.2. The van der Waals surface area contributed by atoms with Crippen LogP contribution in [-0.2, 0) is 0 Å². The van der Waals surface area contributed by atoms with Crippen LogP contribution >= 0.6 is 0 Å². The van der Waals surface area contributed by atoms with E-state index in [0.29, 0.717) is 18.8 Å². The van der Waals surface area contributed by atoms with Crippen LogP contribution < -0.4 is 10.1 Å². The highest BCUT2D eigenvalue weighted by Crippen LogP contribution is 2.11. The second-order valence-corrected chi connectivity index (χ2v) is 5.36. The SMILES string of the molecule is CCN(CC(C)(C)O)C(=O)NCCOc1cccc(F)c1. The molecule has 0 bridgehead atoms. The molecule has 0 aromatic heterocycles. The molecule has 1 rings (SSSR count). The van der Waals surface area contributed by atoms with E-state index in [1.807, 2.05) is 6.92 Å². The Labute approximate surface area is 124 Å². The van der Waals surface area contributed by atoms with Crippen molar-refractivity contribution in [3.63, 3.8) is 0 Å². The Bertz CT molecular complexity index is 460. The summed E-state index contributed by atoms with van der Waals surface area (Å²) in [5, 5.41) is 12.4. The van der Waals surface area contributed by atoms with Gasteiger partial charge < -0.3 is 20.1 Å². The van der Waals surface area contributed by atoms with Gasteiger partial charge in [0.25, 0.3) is 0 Å². The van der Waals surface area contributed by atoms with Crippen molar-refractivity contribution in [2.24, 2.45) is 0 Å². The van der Waals surface area contributed by atoms with Crippen LogP contribution in [0.25, 0.3) is 0 Å². The van der Waals surface area contributed by atoms with Crippen molar-refractivity contribution in [1.29, 1.82) is 0 Å². The molecule has 0 aliphatic rings. The molecule has 2 amide bonds. The standard InChI is InChI=1S/C15H23FN2O3/c1-4-18(11-15(2,3)20)14(19)17-8-9-21-13-7-5-6-12(16)10-13/h5-7,10,20H,4,8-9,11H2,1-3H3,(H,17,19). The molecule has 1 aromatic rings. The maximum Gasteiger partial charge on any atom is 0.317 e. The molecule has 1 aromatic carbocycles. The molecular formula is C15H23FN2O3. The van der Waals surface area contributed by atoms with Gasteiger partial charge in [-0.1, -0.05) is 6.07 Å². The first-order valence-corrected chi connectivity index (χ1v) is 6.95. The van der Waals surface area contributed by atoms with Crippen LogP contribution in [0.1, 0.15) is 20.8 Å². The average Bonchev–Trinajstić information content (AvgIpc) is 2.40. The summed E-state index contributed by atoms with van der Waals surface area (Å²) < 4.78 is 18.3. The van der Waals surface area contributed by atoms with E-state index in [2.05, 4.69) is 5.32 Å². The van der Waals surface area contributed by atoms with E-state index >= 15 is 0 Å². The van der Waals surface area contributed by atoms with Gasteiger partial charge in [0.2, 0.25) is 0 Å². The number of carbonyl (C=O) groups excluding carboxylic acids is 1. The molecule has 2 N–H and O–H groups in total.